The second-order valence-corrected chi connectivity index (χ2v) is 8.61. The van der Waals surface area contributed by atoms with Gasteiger partial charge in [0, 0.05) is 41.8 Å². The molecule has 3 aromatic heterocycles. The molecule has 9 heteroatoms. The Morgan fingerprint density at radius 3 is 2.50 bits per heavy atom. The molecule has 2 saturated carbocycles. The molecule has 3 heterocycles. The van der Waals surface area contributed by atoms with Gasteiger partial charge in [0.15, 0.2) is 0 Å². The standard InChI is InChI=1S/C21H23F3N6/c1-11(2)30-18(19-14-7-13(8-15(14)19)29-5-3-4-27-29)9-17(28-30)12-6-16(21(22,23)24)20(25)26-10-12/h3-6,9-11,13-15,19H,7-8H2,1-2H3,(H2,25,26)/t13?,14-,15+,19?. The van der Waals surface area contributed by atoms with Crippen LogP contribution in [0.4, 0.5) is 19.0 Å². The van der Waals surface area contributed by atoms with Crippen molar-refractivity contribution in [2.75, 3.05) is 5.73 Å². The van der Waals surface area contributed by atoms with Crippen LogP contribution in [0.1, 0.15) is 55.9 Å². The van der Waals surface area contributed by atoms with Crippen molar-refractivity contribution in [2.45, 2.75) is 50.9 Å². The molecule has 2 unspecified atom stereocenters. The summed E-state index contributed by atoms with van der Waals surface area (Å²) in [4.78, 5) is 3.76. The molecule has 3 aromatic rings. The highest BCUT2D eigenvalue weighted by Gasteiger charge is 2.58. The highest BCUT2D eigenvalue weighted by Crippen LogP contribution is 2.66. The number of pyridine rings is 1. The summed E-state index contributed by atoms with van der Waals surface area (Å²) in [5.74, 6) is 1.01. The predicted molar refractivity (Wildman–Crippen MR) is 105 cm³/mol. The molecule has 158 valence electrons. The number of nitrogens with two attached hydrogens (primary N) is 1. The first-order valence-corrected chi connectivity index (χ1v) is 10.2. The van der Waals surface area contributed by atoms with Crippen molar-refractivity contribution >= 4 is 5.82 Å². The molecule has 0 radical (unpaired) electrons. The number of alkyl halides is 3. The monoisotopic (exact) mass is 416 g/mol. The van der Waals surface area contributed by atoms with Crippen LogP contribution < -0.4 is 5.73 Å². The van der Waals surface area contributed by atoms with E-state index in [1.54, 1.807) is 6.20 Å². The SMILES string of the molecule is CC(C)n1nc(-c2cnc(N)c(C(F)(F)F)c2)cc1C1[C@H]2CC(n3cccn3)C[C@@H]12. The van der Waals surface area contributed by atoms with E-state index in [1.807, 2.05) is 41.5 Å². The summed E-state index contributed by atoms with van der Waals surface area (Å²) >= 11 is 0. The maximum atomic E-state index is 13.3. The Morgan fingerprint density at radius 2 is 1.90 bits per heavy atom. The summed E-state index contributed by atoms with van der Waals surface area (Å²) < 4.78 is 43.7. The van der Waals surface area contributed by atoms with Crippen molar-refractivity contribution in [3.8, 4) is 11.3 Å². The number of aromatic nitrogens is 5. The first-order chi connectivity index (χ1) is 14.2. The molecule has 0 aliphatic heterocycles. The number of hydrogen-bond donors (Lipinski definition) is 1. The zero-order chi connectivity index (χ0) is 21.2. The summed E-state index contributed by atoms with van der Waals surface area (Å²) in [5, 5.41) is 9.01. The van der Waals surface area contributed by atoms with Crippen LogP contribution in [0, 0.1) is 11.8 Å². The molecular weight excluding hydrogens is 393 g/mol. The van der Waals surface area contributed by atoms with E-state index in [-0.39, 0.29) is 6.04 Å². The molecule has 5 rings (SSSR count). The van der Waals surface area contributed by atoms with Crippen molar-refractivity contribution in [3.05, 3.63) is 48.0 Å². The quantitative estimate of drug-likeness (QED) is 0.670. The zero-order valence-corrected chi connectivity index (χ0v) is 16.7. The summed E-state index contributed by atoms with van der Waals surface area (Å²) in [7, 11) is 0. The smallest absolute Gasteiger partial charge is 0.383 e. The van der Waals surface area contributed by atoms with Crippen LogP contribution in [0.25, 0.3) is 11.3 Å². The molecule has 0 spiro atoms. The largest absolute Gasteiger partial charge is 0.419 e. The van der Waals surface area contributed by atoms with Gasteiger partial charge in [0.2, 0.25) is 0 Å². The number of nitrogens with zero attached hydrogens (tertiary/aromatic N) is 5. The van der Waals surface area contributed by atoms with E-state index in [9.17, 15) is 13.2 Å². The molecule has 30 heavy (non-hydrogen) atoms. The third-order valence-corrected chi connectivity index (χ3v) is 6.43. The number of rotatable bonds is 4. The minimum Gasteiger partial charge on any atom is -0.383 e. The Morgan fingerprint density at radius 1 is 1.17 bits per heavy atom. The second kappa shape index (κ2) is 6.58. The van der Waals surface area contributed by atoms with Crippen LogP contribution in [0.3, 0.4) is 0 Å². The van der Waals surface area contributed by atoms with E-state index < -0.39 is 17.6 Å². The first kappa shape index (κ1) is 19.1. The molecule has 0 saturated heterocycles. The van der Waals surface area contributed by atoms with Gasteiger partial charge in [-0.25, -0.2) is 4.98 Å². The van der Waals surface area contributed by atoms with Crippen molar-refractivity contribution in [2.24, 2.45) is 11.8 Å². The third-order valence-electron chi connectivity index (χ3n) is 6.43. The Balaban J connectivity index is 1.44. The lowest BCUT2D eigenvalue weighted by Crippen LogP contribution is -2.12. The van der Waals surface area contributed by atoms with Crippen molar-refractivity contribution < 1.29 is 13.2 Å². The van der Waals surface area contributed by atoms with Gasteiger partial charge in [-0.15, -0.1) is 0 Å². The van der Waals surface area contributed by atoms with Crippen LogP contribution in [0.2, 0.25) is 0 Å². The molecule has 0 bridgehead atoms. The molecule has 0 aromatic carbocycles. The van der Waals surface area contributed by atoms with Gasteiger partial charge in [0.1, 0.15) is 5.82 Å². The minimum atomic E-state index is -4.55. The first-order valence-electron chi connectivity index (χ1n) is 10.2. The van der Waals surface area contributed by atoms with Crippen LogP contribution in [-0.2, 0) is 6.18 Å². The number of fused-ring (bicyclic) bond motifs is 1. The average molecular weight is 416 g/mol. The fraction of sp³-hybridized carbons (Fsp3) is 0.476. The summed E-state index contributed by atoms with van der Waals surface area (Å²) in [5.41, 5.74) is 6.45. The maximum absolute atomic E-state index is 13.3. The Kier molecular flexibility index (Phi) is 4.20. The van der Waals surface area contributed by atoms with Crippen molar-refractivity contribution in [3.63, 3.8) is 0 Å². The van der Waals surface area contributed by atoms with Crippen LogP contribution in [0.15, 0.2) is 36.8 Å². The van der Waals surface area contributed by atoms with E-state index in [4.69, 9.17) is 5.73 Å². The van der Waals surface area contributed by atoms with E-state index in [2.05, 4.69) is 15.2 Å². The van der Waals surface area contributed by atoms with Crippen molar-refractivity contribution in [1.82, 2.24) is 24.5 Å². The van der Waals surface area contributed by atoms with E-state index >= 15 is 0 Å². The summed E-state index contributed by atoms with van der Waals surface area (Å²) in [6.45, 7) is 4.07. The molecule has 4 atom stereocenters. The maximum Gasteiger partial charge on any atom is 0.419 e. The normalized spacial score (nSPS) is 25.7. The number of hydrogen-bond acceptors (Lipinski definition) is 4. The van der Waals surface area contributed by atoms with E-state index in [0.717, 1.165) is 24.6 Å². The Hall–Kier alpha value is -2.84. The van der Waals surface area contributed by atoms with Crippen molar-refractivity contribution in [1.29, 1.82) is 0 Å². The van der Waals surface area contributed by atoms with Crippen LogP contribution in [-0.4, -0.2) is 24.5 Å². The second-order valence-electron chi connectivity index (χ2n) is 8.61. The molecule has 2 N–H and O–H groups in total. The molecule has 2 aliphatic rings. The topological polar surface area (TPSA) is 74.6 Å². The number of anilines is 1. The number of halogens is 3. The van der Waals surface area contributed by atoms with Gasteiger partial charge >= 0.3 is 6.18 Å². The highest BCUT2D eigenvalue weighted by molar-refractivity contribution is 5.63. The van der Waals surface area contributed by atoms with Gasteiger partial charge in [-0.05, 0) is 56.7 Å². The van der Waals surface area contributed by atoms with Gasteiger partial charge in [-0.3, -0.25) is 9.36 Å². The lowest BCUT2D eigenvalue weighted by molar-refractivity contribution is -0.137. The summed E-state index contributed by atoms with van der Waals surface area (Å²) in [6, 6.07) is 5.45. The predicted octanol–water partition coefficient (Wildman–Crippen LogP) is 4.69. The highest BCUT2D eigenvalue weighted by atomic mass is 19.4. The minimum absolute atomic E-state index is 0.112. The third kappa shape index (κ3) is 3.07. The van der Waals surface area contributed by atoms with E-state index in [0.29, 0.717) is 35.1 Å². The molecular formula is C21H23F3N6. The van der Waals surface area contributed by atoms with Gasteiger partial charge in [0.25, 0.3) is 0 Å². The molecule has 6 nitrogen and oxygen atoms in total. The van der Waals surface area contributed by atoms with E-state index in [1.165, 1.54) is 6.20 Å². The molecule has 2 fully saturated rings. The lowest BCUT2D eigenvalue weighted by atomic mass is 10.0. The average Bonchev–Trinajstić information content (AvgIpc) is 3.20. The van der Waals surface area contributed by atoms with Gasteiger partial charge in [-0.1, -0.05) is 0 Å². The Bertz CT molecular complexity index is 1060. The molecule has 2 aliphatic carbocycles. The fourth-order valence-electron chi connectivity index (χ4n) is 5.02. The zero-order valence-electron chi connectivity index (χ0n) is 16.7. The summed E-state index contributed by atoms with van der Waals surface area (Å²) in [6.07, 6.45) is 2.76. The number of nitrogen functional groups attached to an aromatic ring is 1. The lowest BCUT2D eigenvalue weighted by Gasteiger charge is -2.16. The van der Waals surface area contributed by atoms with Crippen LogP contribution >= 0.6 is 0 Å². The molecule has 0 amide bonds. The van der Waals surface area contributed by atoms with Crippen LogP contribution in [0.5, 0.6) is 0 Å². The fourth-order valence-corrected chi connectivity index (χ4v) is 5.02. The van der Waals surface area contributed by atoms with Gasteiger partial charge in [-0.2, -0.15) is 23.4 Å². The van der Waals surface area contributed by atoms with Gasteiger partial charge in [0.05, 0.1) is 17.3 Å². The Labute approximate surface area is 171 Å². The van der Waals surface area contributed by atoms with Gasteiger partial charge < -0.3 is 5.73 Å².